The molecule has 1 aromatic rings. The Bertz CT molecular complexity index is 471. The van der Waals surface area contributed by atoms with Crippen LogP contribution in [0.4, 0.5) is 0 Å². The van der Waals surface area contributed by atoms with Gasteiger partial charge in [0.1, 0.15) is 0 Å². The minimum Gasteiger partial charge on any atom is -0.393 e. The molecule has 106 valence electrons. The third-order valence-electron chi connectivity index (χ3n) is 4.14. The number of nitrogens with zero attached hydrogens (tertiary/aromatic N) is 1. The highest BCUT2D eigenvalue weighted by Gasteiger charge is 2.26. The van der Waals surface area contributed by atoms with Crippen LogP contribution >= 0.6 is 11.6 Å². The normalized spacial score (nSPS) is 25.3. The lowest BCUT2D eigenvalue weighted by Crippen LogP contribution is -2.22. The Kier molecular flexibility index (Phi) is 4.36. The first-order valence-corrected chi connectivity index (χ1v) is 7.40. The number of aryl methyl sites for hydroxylation is 1. The molecule has 0 bridgehead atoms. The molecule has 0 aromatic carbocycles. The summed E-state index contributed by atoms with van der Waals surface area (Å²) in [6.45, 7) is 5.74. The van der Waals surface area contributed by atoms with Gasteiger partial charge in [-0.25, -0.2) is 0 Å². The third-order valence-corrected chi connectivity index (χ3v) is 4.34. The standard InChI is InChI=1S/C15H22ClNO2/c1-9-8-14(15(19)10(2)16)11(3)17(9)12-4-6-13(18)7-5-12/h8,10,12-13,18H,4-7H2,1-3H3. The number of Topliss-reactive ketones (excluding diaryl/α,β-unsaturated/α-hetero) is 1. The highest BCUT2D eigenvalue weighted by Crippen LogP contribution is 2.32. The van der Waals surface area contributed by atoms with E-state index in [1.807, 2.05) is 19.9 Å². The van der Waals surface area contributed by atoms with Crippen LogP contribution in [0.1, 0.15) is 60.4 Å². The van der Waals surface area contributed by atoms with E-state index in [0.717, 1.165) is 42.6 Å². The summed E-state index contributed by atoms with van der Waals surface area (Å²) < 4.78 is 2.25. The van der Waals surface area contributed by atoms with Gasteiger partial charge < -0.3 is 9.67 Å². The van der Waals surface area contributed by atoms with Gasteiger partial charge in [0.2, 0.25) is 0 Å². The van der Waals surface area contributed by atoms with E-state index in [0.29, 0.717) is 6.04 Å². The lowest BCUT2D eigenvalue weighted by Gasteiger charge is -2.29. The van der Waals surface area contributed by atoms with Crippen molar-refractivity contribution in [3.05, 3.63) is 23.0 Å². The van der Waals surface area contributed by atoms with E-state index >= 15 is 0 Å². The Morgan fingerprint density at radius 2 is 1.95 bits per heavy atom. The first kappa shape index (κ1) is 14.6. The molecule has 2 rings (SSSR count). The van der Waals surface area contributed by atoms with Crippen molar-refractivity contribution in [1.82, 2.24) is 4.57 Å². The number of aliphatic hydroxyl groups is 1. The maximum Gasteiger partial charge on any atom is 0.182 e. The van der Waals surface area contributed by atoms with Gasteiger partial charge >= 0.3 is 0 Å². The molecule has 0 radical (unpaired) electrons. The zero-order valence-electron chi connectivity index (χ0n) is 11.8. The number of aliphatic hydroxyl groups excluding tert-OH is 1. The summed E-state index contributed by atoms with van der Waals surface area (Å²) in [6, 6.07) is 2.34. The van der Waals surface area contributed by atoms with Crippen LogP contribution in [0.25, 0.3) is 0 Å². The lowest BCUT2D eigenvalue weighted by atomic mass is 9.92. The number of aromatic nitrogens is 1. The maximum absolute atomic E-state index is 12.1. The van der Waals surface area contributed by atoms with Gasteiger partial charge in [-0.1, -0.05) is 0 Å². The Morgan fingerprint density at radius 1 is 1.37 bits per heavy atom. The molecule has 1 aliphatic carbocycles. The molecule has 0 amide bonds. The quantitative estimate of drug-likeness (QED) is 0.682. The Morgan fingerprint density at radius 3 is 2.47 bits per heavy atom. The zero-order chi connectivity index (χ0) is 14.2. The molecule has 0 saturated heterocycles. The average molecular weight is 284 g/mol. The number of halogens is 1. The molecule has 4 heteroatoms. The van der Waals surface area contributed by atoms with Crippen LogP contribution in [0.2, 0.25) is 0 Å². The van der Waals surface area contributed by atoms with Gasteiger partial charge in [-0.05, 0) is 52.5 Å². The fraction of sp³-hybridized carbons (Fsp3) is 0.667. The number of carbonyl (C=O) groups is 1. The number of rotatable bonds is 3. The molecule has 3 nitrogen and oxygen atoms in total. The van der Waals surface area contributed by atoms with E-state index in [1.165, 1.54) is 0 Å². The van der Waals surface area contributed by atoms with Crippen LogP contribution in [-0.2, 0) is 0 Å². The maximum atomic E-state index is 12.1. The monoisotopic (exact) mass is 283 g/mol. The van der Waals surface area contributed by atoms with Gasteiger partial charge in [0.15, 0.2) is 5.78 Å². The van der Waals surface area contributed by atoms with E-state index in [9.17, 15) is 9.90 Å². The Hall–Kier alpha value is -0.800. The van der Waals surface area contributed by atoms with Gasteiger partial charge in [0, 0.05) is 23.0 Å². The Balaban J connectivity index is 2.29. The fourth-order valence-corrected chi connectivity index (χ4v) is 3.24. The van der Waals surface area contributed by atoms with Crippen LogP contribution in [0, 0.1) is 13.8 Å². The molecule has 19 heavy (non-hydrogen) atoms. The van der Waals surface area contributed by atoms with E-state index < -0.39 is 5.38 Å². The number of hydrogen-bond acceptors (Lipinski definition) is 2. The molecule has 1 aliphatic rings. The van der Waals surface area contributed by atoms with E-state index in [1.54, 1.807) is 6.92 Å². The zero-order valence-corrected chi connectivity index (χ0v) is 12.6. The summed E-state index contributed by atoms with van der Waals surface area (Å²) in [5.41, 5.74) is 2.86. The van der Waals surface area contributed by atoms with Gasteiger partial charge in [-0.15, -0.1) is 11.6 Å². The fourth-order valence-electron chi connectivity index (χ4n) is 3.12. The largest absolute Gasteiger partial charge is 0.393 e. The topological polar surface area (TPSA) is 42.2 Å². The van der Waals surface area contributed by atoms with Crippen molar-refractivity contribution in [3.63, 3.8) is 0 Å². The molecule has 0 spiro atoms. The summed E-state index contributed by atoms with van der Waals surface area (Å²) in [6.07, 6.45) is 3.48. The second kappa shape index (κ2) is 5.68. The molecule has 1 aromatic heterocycles. The average Bonchev–Trinajstić information content (AvgIpc) is 2.65. The van der Waals surface area contributed by atoms with Crippen LogP contribution < -0.4 is 0 Å². The summed E-state index contributed by atoms with van der Waals surface area (Å²) in [5.74, 6) is -0.00291. The van der Waals surface area contributed by atoms with Crippen LogP contribution in [-0.4, -0.2) is 26.9 Å². The minimum atomic E-state index is -0.484. The molecule has 1 atom stereocenters. The number of hydrogen-bond donors (Lipinski definition) is 1. The number of carbonyl (C=O) groups excluding carboxylic acids is 1. The predicted octanol–water partition coefficient (Wildman–Crippen LogP) is 3.39. The first-order chi connectivity index (χ1) is 8.91. The molecule has 1 heterocycles. The smallest absolute Gasteiger partial charge is 0.182 e. The van der Waals surface area contributed by atoms with Crippen LogP contribution in [0.15, 0.2) is 6.07 Å². The highest BCUT2D eigenvalue weighted by atomic mass is 35.5. The Labute approximate surface area is 119 Å². The van der Waals surface area contributed by atoms with Gasteiger partial charge in [-0.2, -0.15) is 0 Å². The second-order valence-electron chi connectivity index (χ2n) is 5.60. The molecule has 1 N–H and O–H groups in total. The van der Waals surface area contributed by atoms with Crippen LogP contribution in [0.5, 0.6) is 0 Å². The molecular weight excluding hydrogens is 262 g/mol. The summed E-state index contributed by atoms with van der Waals surface area (Å²) in [5, 5.41) is 9.11. The van der Waals surface area contributed by atoms with Gasteiger partial charge in [-0.3, -0.25) is 4.79 Å². The van der Waals surface area contributed by atoms with Crippen molar-refractivity contribution in [2.75, 3.05) is 0 Å². The SMILES string of the molecule is Cc1cc(C(=O)C(C)Cl)c(C)n1C1CCC(O)CC1. The van der Waals surface area contributed by atoms with E-state index in [-0.39, 0.29) is 11.9 Å². The van der Waals surface area contributed by atoms with Crippen molar-refractivity contribution < 1.29 is 9.90 Å². The number of ketones is 1. The highest BCUT2D eigenvalue weighted by molar-refractivity contribution is 6.33. The summed E-state index contributed by atoms with van der Waals surface area (Å²) in [7, 11) is 0. The lowest BCUT2D eigenvalue weighted by molar-refractivity contribution is 0.0988. The van der Waals surface area contributed by atoms with Crippen molar-refractivity contribution in [2.45, 2.75) is 64.0 Å². The summed E-state index contributed by atoms with van der Waals surface area (Å²) in [4.78, 5) is 12.1. The van der Waals surface area contributed by atoms with E-state index in [4.69, 9.17) is 11.6 Å². The van der Waals surface area contributed by atoms with Crippen molar-refractivity contribution in [1.29, 1.82) is 0 Å². The first-order valence-electron chi connectivity index (χ1n) is 6.96. The molecule has 1 saturated carbocycles. The predicted molar refractivity (Wildman–Crippen MR) is 77.1 cm³/mol. The van der Waals surface area contributed by atoms with Crippen LogP contribution in [0.3, 0.4) is 0 Å². The van der Waals surface area contributed by atoms with Crippen molar-refractivity contribution in [2.24, 2.45) is 0 Å². The number of alkyl halides is 1. The molecular formula is C15H22ClNO2. The minimum absolute atomic E-state index is 0.00291. The molecule has 1 fully saturated rings. The molecule has 0 aliphatic heterocycles. The van der Waals surface area contributed by atoms with Gasteiger partial charge in [0.05, 0.1) is 11.5 Å². The third kappa shape index (κ3) is 2.87. The van der Waals surface area contributed by atoms with Crippen molar-refractivity contribution in [3.8, 4) is 0 Å². The van der Waals surface area contributed by atoms with Crippen molar-refractivity contribution >= 4 is 17.4 Å². The van der Waals surface area contributed by atoms with Gasteiger partial charge in [0.25, 0.3) is 0 Å². The summed E-state index contributed by atoms with van der Waals surface area (Å²) >= 11 is 5.91. The van der Waals surface area contributed by atoms with E-state index in [2.05, 4.69) is 4.57 Å². The molecule has 1 unspecified atom stereocenters. The second-order valence-corrected chi connectivity index (χ2v) is 6.25.